The Balaban J connectivity index is 1.51. The maximum Gasteiger partial charge on any atom is 0.0824 e. The van der Waals surface area contributed by atoms with Crippen molar-refractivity contribution in [3.05, 3.63) is 35.9 Å². The second kappa shape index (κ2) is 5.85. The minimum Gasteiger partial charge on any atom is -0.374 e. The third-order valence-electron chi connectivity index (χ3n) is 2.44. The lowest BCUT2D eigenvalue weighted by Gasteiger charge is -2.26. The van der Waals surface area contributed by atoms with Gasteiger partial charge >= 0.3 is 0 Å². The summed E-state index contributed by atoms with van der Waals surface area (Å²) in [4.78, 5) is 0. The molecular weight excluding hydrogens is 190 g/mol. The first-order chi connectivity index (χ1) is 7.45. The molecule has 1 aliphatic rings. The lowest BCUT2D eigenvalue weighted by Crippen LogP contribution is -2.48. The third kappa shape index (κ3) is 3.63. The first-order valence-corrected chi connectivity index (χ1v) is 5.39. The molecule has 3 nitrogen and oxygen atoms in total. The molecule has 1 aromatic rings. The third-order valence-corrected chi connectivity index (χ3v) is 2.44. The SMILES string of the molecule is c1ccc(COCCOC2CNC2)cc1. The molecular formula is C12H17NO2. The summed E-state index contributed by atoms with van der Waals surface area (Å²) in [6, 6.07) is 10.2. The minimum absolute atomic E-state index is 0.408. The number of hydrogen-bond donors (Lipinski definition) is 1. The van der Waals surface area contributed by atoms with Crippen LogP contribution in [0.25, 0.3) is 0 Å². The van der Waals surface area contributed by atoms with Crippen molar-refractivity contribution in [2.45, 2.75) is 12.7 Å². The summed E-state index contributed by atoms with van der Waals surface area (Å²) in [6.07, 6.45) is 0.408. The van der Waals surface area contributed by atoms with Crippen LogP contribution in [0, 0.1) is 0 Å². The molecule has 82 valence electrons. The highest BCUT2D eigenvalue weighted by atomic mass is 16.5. The Morgan fingerprint density at radius 2 is 1.93 bits per heavy atom. The topological polar surface area (TPSA) is 30.5 Å². The smallest absolute Gasteiger partial charge is 0.0824 e. The summed E-state index contributed by atoms with van der Waals surface area (Å²) in [7, 11) is 0. The van der Waals surface area contributed by atoms with Gasteiger partial charge < -0.3 is 14.8 Å². The van der Waals surface area contributed by atoms with E-state index in [1.807, 2.05) is 18.2 Å². The van der Waals surface area contributed by atoms with Crippen LogP contribution in [0.1, 0.15) is 5.56 Å². The van der Waals surface area contributed by atoms with Crippen LogP contribution in [-0.2, 0) is 16.1 Å². The quantitative estimate of drug-likeness (QED) is 0.711. The van der Waals surface area contributed by atoms with Crippen LogP contribution in [0.5, 0.6) is 0 Å². The number of rotatable bonds is 6. The van der Waals surface area contributed by atoms with Gasteiger partial charge in [0.25, 0.3) is 0 Å². The molecule has 1 heterocycles. The van der Waals surface area contributed by atoms with E-state index in [4.69, 9.17) is 9.47 Å². The molecule has 0 bridgehead atoms. The maximum absolute atomic E-state index is 5.53. The molecule has 0 aliphatic carbocycles. The van der Waals surface area contributed by atoms with E-state index in [-0.39, 0.29) is 0 Å². The summed E-state index contributed by atoms with van der Waals surface area (Å²) in [5, 5.41) is 3.16. The van der Waals surface area contributed by atoms with Gasteiger partial charge in [0.1, 0.15) is 0 Å². The van der Waals surface area contributed by atoms with Crippen molar-refractivity contribution in [3.8, 4) is 0 Å². The Morgan fingerprint density at radius 3 is 2.60 bits per heavy atom. The Kier molecular flexibility index (Phi) is 4.14. The zero-order valence-electron chi connectivity index (χ0n) is 8.82. The number of benzene rings is 1. The lowest BCUT2D eigenvalue weighted by atomic mass is 10.2. The van der Waals surface area contributed by atoms with Crippen LogP contribution in [0.2, 0.25) is 0 Å². The Bertz CT molecular complexity index is 272. The molecule has 0 unspecified atom stereocenters. The van der Waals surface area contributed by atoms with E-state index in [0.29, 0.717) is 25.9 Å². The van der Waals surface area contributed by atoms with Crippen molar-refractivity contribution in [2.24, 2.45) is 0 Å². The van der Waals surface area contributed by atoms with Gasteiger partial charge in [0, 0.05) is 13.1 Å². The number of hydrogen-bond acceptors (Lipinski definition) is 3. The molecule has 2 rings (SSSR count). The first kappa shape index (κ1) is 10.6. The molecule has 3 heteroatoms. The van der Waals surface area contributed by atoms with Gasteiger partial charge in [-0.3, -0.25) is 0 Å². The van der Waals surface area contributed by atoms with Crippen molar-refractivity contribution in [1.82, 2.24) is 5.32 Å². The molecule has 1 fully saturated rings. The monoisotopic (exact) mass is 207 g/mol. The van der Waals surface area contributed by atoms with E-state index in [0.717, 1.165) is 13.1 Å². The van der Waals surface area contributed by atoms with Crippen LogP contribution in [0.15, 0.2) is 30.3 Å². The van der Waals surface area contributed by atoms with E-state index in [2.05, 4.69) is 17.4 Å². The minimum atomic E-state index is 0.408. The van der Waals surface area contributed by atoms with Crippen LogP contribution < -0.4 is 5.32 Å². The molecule has 0 radical (unpaired) electrons. The normalized spacial score (nSPS) is 16.3. The fourth-order valence-corrected chi connectivity index (χ4v) is 1.42. The second-order valence-corrected chi connectivity index (χ2v) is 3.69. The number of ether oxygens (including phenoxy) is 2. The van der Waals surface area contributed by atoms with Gasteiger partial charge in [0.15, 0.2) is 0 Å². The Hall–Kier alpha value is -0.900. The van der Waals surface area contributed by atoms with Crippen molar-refractivity contribution in [3.63, 3.8) is 0 Å². The van der Waals surface area contributed by atoms with Crippen LogP contribution >= 0.6 is 0 Å². The van der Waals surface area contributed by atoms with Crippen molar-refractivity contribution < 1.29 is 9.47 Å². The van der Waals surface area contributed by atoms with Gasteiger partial charge in [-0.2, -0.15) is 0 Å². The lowest BCUT2D eigenvalue weighted by molar-refractivity contribution is -0.0199. The van der Waals surface area contributed by atoms with Gasteiger partial charge in [0.2, 0.25) is 0 Å². The summed E-state index contributed by atoms with van der Waals surface area (Å²) in [5.74, 6) is 0. The fraction of sp³-hybridized carbons (Fsp3) is 0.500. The maximum atomic E-state index is 5.53. The van der Waals surface area contributed by atoms with Gasteiger partial charge in [0.05, 0.1) is 25.9 Å². The zero-order valence-corrected chi connectivity index (χ0v) is 8.82. The van der Waals surface area contributed by atoms with Crippen LogP contribution in [-0.4, -0.2) is 32.4 Å². The van der Waals surface area contributed by atoms with Crippen LogP contribution in [0.3, 0.4) is 0 Å². The molecule has 0 spiro atoms. The standard InChI is InChI=1S/C12H17NO2/c1-2-4-11(5-3-1)10-14-6-7-15-12-8-13-9-12/h1-5,12-13H,6-10H2. The number of nitrogens with one attached hydrogen (secondary N) is 1. The fourth-order valence-electron chi connectivity index (χ4n) is 1.42. The largest absolute Gasteiger partial charge is 0.374 e. The average Bonchev–Trinajstić information content (AvgIpc) is 2.22. The summed E-state index contributed by atoms with van der Waals surface area (Å²) in [5.41, 5.74) is 1.21. The molecule has 15 heavy (non-hydrogen) atoms. The van der Waals surface area contributed by atoms with E-state index < -0.39 is 0 Å². The van der Waals surface area contributed by atoms with Crippen molar-refractivity contribution in [2.75, 3.05) is 26.3 Å². The Labute approximate surface area is 90.4 Å². The molecule has 0 amide bonds. The first-order valence-electron chi connectivity index (χ1n) is 5.39. The van der Waals surface area contributed by atoms with Crippen molar-refractivity contribution in [1.29, 1.82) is 0 Å². The predicted molar refractivity (Wildman–Crippen MR) is 58.7 cm³/mol. The average molecular weight is 207 g/mol. The van der Waals surface area contributed by atoms with Gasteiger partial charge in [-0.15, -0.1) is 0 Å². The van der Waals surface area contributed by atoms with Gasteiger partial charge in [-0.05, 0) is 5.56 Å². The molecule has 1 N–H and O–H groups in total. The van der Waals surface area contributed by atoms with E-state index in [1.54, 1.807) is 0 Å². The van der Waals surface area contributed by atoms with E-state index in [9.17, 15) is 0 Å². The molecule has 0 atom stereocenters. The van der Waals surface area contributed by atoms with Gasteiger partial charge in [-0.25, -0.2) is 0 Å². The molecule has 1 aromatic carbocycles. The second-order valence-electron chi connectivity index (χ2n) is 3.69. The Morgan fingerprint density at radius 1 is 1.13 bits per heavy atom. The van der Waals surface area contributed by atoms with Crippen LogP contribution in [0.4, 0.5) is 0 Å². The summed E-state index contributed by atoms with van der Waals surface area (Å²) in [6.45, 7) is 4.01. The highest BCUT2D eigenvalue weighted by molar-refractivity contribution is 5.13. The summed E-state index contributed by atoms with van der Waals surface area (Å²) < 4.78 is 11.0. The van der Waals surface area contributed by atoms with E-state index >= 15 is 0 Å². The zero-order chi connectivity index (χ0) is 10.3. The molecule has 0 aromatic heterocycles. The van der Waals surface area contributed by atoms with E-state index in [1.165, 1.54) is 5.56 Å². The predicted octanol–water partition coefficient (Wildman–Crippen LogP) is 1.19. The summed E-state index contributed by atoms with van der Waals surface area (Å²) >= 11 is 0. The molecule has 1 aliphatic heterocycles. The molecule has 0 saturated carbocycles. The van der Waals surface area contributed by atoms with Crippen molar-refractivity contribution >= 4 is 0 Å². The highest BCUT2D eigenvalue weighted by Crippen LogP contribution is 2.01. The highest BCUT2D eigenvalue weighted by Gasteiger charge is 2.16. The molecule has 1 saturated heterocycles. The van der Waals surface area contributed by atoms with Gasteiger partial charge in [-0.1, -0.05) is 30.3 Å².